The van der Waals surface area contributed by atoms with Crippen molar-refractivity contribution in [3.8, 4) is 11.5 Å². The van der Waals surface area contributed by atoms with E-state index in [9.17, 15) is 0 Å². The molecule has 7 nitrogen and oxygen atoms in total. The molecule has 0 amide bonds. The summed E-state index contributed by atoms with van der Waals surface area (Å²) >= 11 is 5.60. The molecule has 0 spiro atoms. The highest BCUT2D eigenvalue weighted by Gasteiger charge is 2.23. The largest absolute Gasteiger partial charge is 0.454 e. The van der Waals surface area contributed by atoms with Gasteiger partial charge in [-0.3, -0.25) is 0 Å². The Kier molecular flexibility index (Phi) is 4.77. The summed E-state index contributed by atoms with van der Waals surface area (Å²) in [4.78, 5) is 13.4. The zero-order valence-corrected chi connectivity index (χ0v) is 16.7. The van der Waals surface area contributed by atoms with Crippen LogP contribution in [0.5, 0.6) is 11.5 Å². The molecule has 29 heavy (non-hydrogen) atoms. The van der Waals surface area contributed by atoms with E-state index in [0.29, 0.717) is 0 Å². The van der Waals surface area contributed by atoms with Gasteiger partial charge in [-0.25, -0.2) is 9.97 Å². The number of ether oxygens (including phenoxy) is 2. The van der Waals surface area contributed by atoms with Gasteiger partial charge in [0.2, 0.25) is 6.79 Å². The molecule has 2 aliphatic rings. The van der Waals surface area contributed by atoms with Crippen LogP contribution in [0.4, 0.5) is 5.82 Å². The number of nitrogens with zero attached hydrogens (tertiary/aromatic N) is 4. The maximum Gasteiger partial charge on any atom is 0.231 e. The van der Waals surface area contributed by atoms with Crippen LogP contribution in [-0.4, -0.2) is 53.0 Å². The average molecular weight is 407 g/mol. The van der Waals surface area contributed by atoms with Crippen molar-refractivity contribution in [3.63, 3.8) is 0 Å². The zero-order valence-electron chi connectivity index (χ0n) is 15.9. The molecule has 0 saturated carbocycles. The number of nitrogens with one attached hydrogen (secondary N) is 1. The fraction of sp³-hybridized carbons (Fsp3) is 0.286. The number of anilines is 1. The van der Waals surface area contributed by atoms with Gasteiger partial charge in [0, 0.05) is 44.2 Å². The number of hydrogen-bond acceptors (Lipinski definition) is 6. The van der Waals surface area contributed by atoms with Crippen LogP contribution in [0.1, 0.15) is 5.56 Å². The second kappa shape index (κ2) is 7.71. The predicted molar refractivity (Wildman–Crippen MR) is 115 cm³/mol. The van der Waals surface area contributed by atoms with Crippen LogP contribution in [0, 0.1) is 0 Å². The number of rotatable bonds is 3. The fourth-order valence-electron chi connectivity index (χ4n) is 3.69. The molecule has 1 fully saturated rings. The Bertz CT molecular complexity index is 1040. The number of fused-ring (bicyclic) bond motifs is 2. The quantitative estimate of drug-likeness (QED) is 0.665. The van der Waals surface area contributed by atoms with Crippen molar-refractivity contribution in [3.05, 3.63) is 54.4 Å². The number of hydrogen-bond donors (Lipinski definition) is 1. The van der Waals surface area contributed by atoms with Gasteiger partial charge in [-0.2, -0.15) is 0 Å². The third-order valence-corrected chi connectivity index (χ3v) is 5.66. The molecule has 2 aliphatic heterocycles. The monoisotopic (exact) mass is 407 g/mol. The van der Waals surface area contributed by atoms with Crippen LogP contribution in [0.2, 0.25) is 0 Å². The van der Waals surface area contributed by atoms with Crippen molar-refractivity contribution in [1.82, 2.24) is 20.2 Å². The molecule has 1 saturated heterocycles. The molecule has 1 N–H and O–H groups in total. The molecule has 3 aromatic rings. The van der Waals surface area contributed by atoms with Crippen LogP contribution in [0.15, 0.2) is 48.8 Å². The molecule has 8 heteroatoms. The number of benzene rings is 2. The van der Waals surface area contributed by atoms with Gasteiger partial charge in [-0.05, 0) is 23.8 Å². The molecular weight excluding hydrogens is 386 g/mol. The number of aromatic nitrogens is 2. The third-order valence-electron chi connectivity index (χ3n) is 5.26. The highest BCUT2D eigenvalue weighted by Crippen LogP contribution is 2.37. The second-order valence-corrected chi connectivity index (χ2v) is 7.42. The van der Waals surface area contributed by atoms with E-state index < -0.39 is 0 Å². The first-order valence-electron chi connectivity index (χ1n) is 9.64. The molecule has 0 radical (unpaired) electrons. The van der Waals surface area contributed by atoms with E-state index in [1.165, 1.54) is 5.56 Å². The summed E-state index contributed by atoms with van der Waals surface area (Å²) in [6, 6.07) is 14.2. The summed E-state index contributed by atoms with van der Waals surface area (Å²) in [5, 5.41) is 5.14. The van der Waals surface area contributed by atoms with Gasteiger partial charge in [0.25, 0.3) is 0 Å². The lowest BCUT2D eigenvalue weighted by atomic mass is 10.2. The van der Waals surface area contributed by atoms with E-state index in [2.05, 4.69) is 37.2 Å². The summed E-state index contributed by atoms with van der Waals surface area (Å²) in [6.45, 7) is 4.36. The van der Waals surface area contributed by atoms with Crippen molar-refractivity contribution < 1.29 is 9.47 Å². The van der Waals surface area contributed by atoms with Crippen molar-refractivity contribution in [2.45, 2.75) is 6.54 Å². The highest BCUT2D eigenvalue weighted by molar-refractivity contribution is 7.80. The molecule has 5 rings (SSSR count). The molecule has 0 aliphatic carbocycles. The number of thiocarbonyl (C=S) groups is 1. The van der Waals surface area contributed by atoms with Crippen LogP contribution in [-0.2, 0) is 6.54 Å². The van der Waals surface area contributed by atoms with Crippen molar-refractivity contribution in [1.29, 1.82) is 0 Å². The van der Waals surface area contributed by atoms with E-state index >= 15 is 0 Å². The predicted octanol–water partition coefficient (Wildman–Crippen LogP) is 2.56. The SMILES string of the molecule is S=C(NCc1ccccc1)N1CCN(c2ncnc3cc4c(cc23)OCO4)CC1. The Labute approximate surface area is 174 Å². The molecule has 0 bridgehead atoms. The maximum absolute atomic E-state index is 5.60. The highest BCUT2D eigenvalue weighted by atomic mass is 32.1. The van der Waals surface area contributed by atoms with E-state index in [-0.39, 0.29) is 6.79 Å². The van der Waals surface area contributed by atoms with Gasteiger partial charge in [-0.1, -0.05) is 30.3 Å². The number of piperazine rings is 1. The second-order valence-electron chi connectivity index (χ2n) is 7.04. The standard InChI is InChI=1S/C21H21N5O2S/c29-21(22-12-15-4-2-1-3-5-15)26-8-6-25(7-9-26)20-16-10-18-19(28-14-27-18)11-17(16)23-13-24-20/h1-5,10-11,13H,6-9,12,14H2,(H,22,29). The minimum Gasteiger partial charge on any atom is -0.454 e. The van der Waals surface area contributed by atoms with Crippen LogP contribution < -0.4 is 19.7 Å². The van der Waals surface area contributed by atoms with Gasteiger partial charge < -0.3 is 24.6 Å². The summed E-state index contributed by atoms with van der Waals surface area (Å²) in [5.74, 6) is 2.41. The van der Waals surface area contributed by atoms with Gasteiger partial charge in [0.15, 0.2) is 16.6 Å². The summed E-state index contributed by atoms with van der Waals surface area (Å²) in [7, 11) is 0. The molecule has 2 aromatic carbocycles. The molecule has 3 heterocycles. The average Bonchev–Trinajstić information content (AvgIpc) is 3.24. The molecule has 0 unspecified atom stereocenters. The first-order valence-corrected chi connectivity index (χ1v) is 10.0. The molecule has 148 valence electrons. The summed E-state index contributed by atoms with van der Waals surface area (Å²) in [6.07, 6.45) is 1.61. The van der Waals surface area contributed by atoms with Gasteiger partial charge in [0.1, 0.15) is 12.1 Å². The van der Waals surface area contributed by atoms with Gasteiger partial charge >= 0.3 is 0 Å². The van der Waals surface area contributed by atoms with E-state index in [0.717, 1.165) is 66.1 Å². The Balaban J connectivity index is 1.25. The Hall–Kier alpha value is -3.13. The third kappa shape index (κ3) is 3.63. The first kappa shape index (κ1) is 17.9. The lowest BCUT2D eigenvalue weighted by molar-refractivity contribution is 0.174. The Morgan fingerprint density at radius 2 is 1.76 bits per heavy atom. The van der Waals surface area contributed by atoms with Gasteiger partial charge in [-0.15, -0.1) is 0 Å². The molecule has 0 atom stereocenters. The molecule has 1 aromatic heterocycles. The smallest absolute Gasteiger partial charge is 0.231 e. The fourth-order valence-corrected chi connectivity index (χ4v) is 3.95. The Morgan fingerprint density at radius 3 is 2.55 bits per heavy atom. The topological polar surface area (TPSA) is 62.8 Å². The van der Waals surface area contributed by atoms with Gasteiger partial charge in [0.05, 0.1) is 5.52 Å². The zero-order chi connectivity index (χ0) is 19.6. The van der Waals surface area contributed by atoms with Crippen LogP contribution in [0.3, 0.4) is 0 Å². The Morgan fingerprint density at radius 1 is 1.00 bits per heavy atom. The van der Waals surface area contributed by atoms with Crippen LogP contribution >= 0.6 is 12.2 Å². The van der Waals surface area contributed by atoms with E-state index in [1.807, 2.05) is 30.3 Å². The normalized spacial score (nSPS) is 15.6. The van der Waals surface area contributed by atoms with E-state index in [1.54, 1.807) is 6.33 Å². The maximum atomic E-state index is 5.60. The van der Waals surface area contributed by atoms with Crippen LogP contribution in [0.25, 0.3) is 10.9 Å². The lowest BCUT2D eigenvalue weighted by Gasteiger charge is -2.37. The van der Waals surface area contributed by atoms with Crippen molar-refractivity contribution in [2.24, 2.45) is 0 Å². The lowest BCUT2D eigenvalue weighted by Crippen LogP contribution is -2.51. The minimum atomic E-state index is 0.251. The minimum absolute atomic E-state index is 0.251. The first-order chi connectivity index (χ1) is 14.3. The van der Waals surface area contributed by atoms with Crippen molar-refractivity contribution >= 4 is 34.1 Å². The molecular formula is C21H21N5O2S. The van der Waals surface area contributed by atoms with Crippen molar-refractivity contribution in [2.75, 3.05) is 37.9 Å². The summed E-state index contributed by atoms with van der Waals surface area (Å²) in [5.41, 5.74) is 2.08. The van der Waals surface area contributed by atoms with E-state index in [4.69, 9.17) is 21.7 Å². The summed E-state index contributed by atoms with van der Waals surface area (Å²) < 4.78 is 11.0.